The van der Waals surface area contributed by atoms with Crippen LogP contribution in [0.3, 0.4) is 0 Å². The van der Waals surface area contributed by atoms with E-state index in [2.05, 4.69) is 0 Å². The Hall–Kier alpha value is -1.66. The number of aliphatic hydroxyl groups is 1. The lowest BCUT2D eigenvalue weighted by molar-refractivity contribution is -0.140. The van der Waals surface area contributed by atoms with E-state index in [9.17, 15) is 14.0 Å². The van der Waals surface area contributed by atoms with Crippen LogP contribution >= 0.6 is 11.6 Å². The van der Waals surface area contributed by atoms with Crippen LogP contribution in [0.5, 0.6) is 0 Å². The van der Waals surface area contributed by atoms with Crippen molar-refractivity contribution in [2.24, 2.45) is 0 Å². The molecular formula is C10H9ClFNO4. The summed E-state index contributed by atoms with van der Waals surface area (Å²) in [6, 6.07) is 1.89. The molecule has 5 nitrogen and oxygen atoms in total. The highest BCUT2D eigenvalue weighted by molar-refractivity contribution is 6.30. The summed E-state index contributed by atoms with van der Waals surface area (Å²) in [5, 5.41) is 19.4. The maximum Gasteiger partial charge on any atom is 0.328 e. The number of hydrogen-bond acceptors (Lipinski definition) is 3. The highest BCUT2D eigenvalue weighted by Gasteiger charge is 2.21. The smallest absolute Gasteiger partial charge is 0.328 e. The number of amides is 1. The van der Waals surface area contributed by atoms with Crippen molar-refractivity contribution in [2.75, 3.05) is 6.61 Å². The second-order valence-electron chi connectivity index (χ2n) is 3.17. The van der Waals surface area contributed by atoms with Crippen molar-refractivity contribution in [3.63, 3.8) is 0 Å². The Morgan fingerprint density at radius 3 is 2.59 bits per heavy atom. The van der Waals surface area contributed by atoms with Gasteiger partial charge in [-0.15, -0.1) is 0 Å². The number of nitrogens with one attached hydrogen (secondary N) is 1. The highest BCUT2D eigenvalue weighted by atomic mass is 35.5. The van der Waals surface area contributed by atoms with Crippen LogP contribution in [0, 0.1) is 5.82 Å². The van der Waals surface area contributed by atoms with Gasteiger partial charge in [0, 0.05) is 5.02 Å². The molecule has 7 heteroatoms. The summed E-state index contributed by atoms with van der Waals surface area (Å²) >= 11 is 5.50. The van der Waals surface area contributed by atoms with E-state index in [-0.39, 0.29) is 10.6 Å². The quantitative estimate of drug-likeness (QED) is 0.743. The third-order valence-electron chi connectivity index (χ3n) is 1.96. The van der Waals surface area contributed by atoms with E-state index in [1.54, 1.807) is 0 Å². The van der Waals surface area contributed by atoms with Crippen LogP contribution in [0.2, 0.25) is 5.02 Å². The normalized spacial score (nSPS) is 11.9. The van der Waals surface area contributed by atoms with Crippen molar-refractivity contribution >= 4 is 23.5 Å². The average Bonchev–Trinajstić information content (AvgIpc) is 2.24. The van der Waals surface area contributed by atoms with Crippen LogP contribution in [0.15, 0.2) is 18.2 Å². The number of carbonyl (C=O) groups excluding carboxylic acids is 1. The molecule has 0 bridgehead atoms. The van der Waals surface area contributed by atoms with Crippen molar-refractivity contribution < 1.29 is 24.2 Å². The Balaban J connectivity index is 2.86. The minimum atomic E-state index is -1.47. The number of aliphatic carboxylic acids is 1. The number of carboxylic acid groups (broad SMARTS) is 1. The standard InChI is InChI=1S/C10H9ClFNO4/c11-5-1-2-6(7(12)3-5)9(15)13-8(4-14)10(16)17/h1-3,8,14H,4H2,(H,13,15)(H,16,17). The van der Waals surface area contributed by atoms with Crippen LogP contribution in [0.25, 0.3) is 0 Å². The zero-order valence-electron chi connectivity index (χ0n) is 8.48. The van der Waals surface area contributed by atoms with Gasteiger partial charge in [0.25, 0.3) is 5.91 Å². The monoisotopic (exact) mass is 261 g/mol. The third-order valence-corrected chi connectivity index (χ3v) is 2.20. The first-order valence-corrected chi connectivity index (χ1v) is 4.93. The predicted molar refractivity (Wildman–Crippen MR) is 57.4 cm³/mol. The highest BCUT2D eigenvalue weighted by Crippen LogP contribution is 2.14. The fourth-order valence-electron chi connectivity index (χ4n) is 1.10. The molecule has 3 N–H and O–H groups in total. The largest absolute Gasteiger partial charge is 0.480 e. The molecule has 1 aromatic rings. The molecule has 0 aliphatic heterocycles. The summed E-state index contributed by atoms with van der Waals surface area (Å²) in [4.78, 5) is 22.0. The summed E-state index contributed by atoms with van der Waals surface area (Å²) in [6.45, 7) is -0.781. The molecule has 1 unspecified atom stereocenters. The van der Waals surface area contributed by atoms with Crippen LogP contribution in [0.1, 0.15) is 10.4 Å². The maximum absolute atomic E-state index is 13.3. The second-order valence-corrected chi connectivity index (χ2v) is 3.61. The fourth-order valence-corrected chi connectivity index (χ4v) is 1.25. The van der Waals surface area contributed by atoms with Gasteiger partial charge in [-0.25, -0.2) is 9.18 Å². The molecule has 0 aliphatic carbocycles. The fraction of sp³-hybridized carbons (Fsp3) is 0.200. The van der Waals surface area contributed by atoms with Gasteiger partial charge in [0.05, 0.1) is 12.2 Å². The molecule has 0 aliphatic rings. The van der Waals surface area contributed by atoms with E-state index in [1.165, 1.54) is 6.07 Å². The van der Waals surface area contributed by atoms with E-state index in [0.717, 1.165) is 12.1 Å². The summed E-state index contributed by atoms with van der Waals surface area (Å²) in [5.41, 5.74) is -0.339. The Labute approximate surface area is 101 Å². The molecule has 1 atom stereocenters. The van der Waals surface area contributed by atoms with Crippen molar-refractivity contribution in [1.82, 2.24) is 5.32 Å². The van der Waals surface area contributed by atoms with Crippen LogP contribution in [-0.2, 0) is 4.79 Å². The molecule has 92 valence electrons. The van der Waals surface area contributed by atoms with E-state index >= 15 is 0 Å². The first-order chi connectivity index (χ1) is 7.95. The van der Waals surface area contributed by atoms with E-state index < -0.39 is 30.3 Å². The van der Waals surface area contributed by atoms with Gasteiger partial charge >= 0.3 is 5.97 Å². The van der Waals surface area contributed by atoms with Gasteiger partial charge in [0.15, 0.2) is 6.04 Å². The predicted octanol–water partition coefficient (Wildman–Crippen LogP) is 0.654. The Kier molecular flexibility index (Phi) is 4.42. The first-order valence-electron chi connectivity index (χ1n) is 4.55. The molecule has 0 radical (unpaired) electrons. The number of carboxylic acids is 1. The molecule has 1 rings (SSSR count). The molecule has 17 heavy (non-hydrogen) atoms. The Bertz CT molecular complexity index is 452. The molecule has 0 fully saturated rings. The second kappa shape index (κ2) is 5.60. The number of benzene rings is 1. The molecular weight excluding hydrogens is 253 g/mol. The van der Waals surface area contributed by atoms with E-state index in [1.807, 2.05) is 5.32 Å². The van der Waals surface area contributed by atoms with Gasteiger partial charge in [-0.2, -0.15) is 0 Å². The minimum absolute atomic E-state index is 0.121. The van der Waals surface area contributed by atoms with Crippen LogP contribution < -0.4 is 5.32 Å². The Morgan fingerprint density at radius 1 is 1.47 bits per heavy atom. The number of halogens is 2. The molecule has 1 amide bonds. The lowest BCUT2D eigenvalue weighted by Gasteiger charge is -2.11. The van der Waals surface area contributed by atoms with E-state index in [4.69, 9.17) is 21.8 Å². The molecule has 0 aromatic heterocycles. The van der Waals surface area contributed by atoms with Crippen molar-refractivity contribution in [3.05, 3.63) is 34.6 Å². The third kappa shape index (κ3) is 3.40. The van der Waals surface area contributed by atoms with Gasteiger partial charge in [-0.1, -0.05) is 11.6 Å². The SMILES string of the molecule is O=C(NC(CO)C(=O)O)c1ccc(Cl)cc1F. The van der Waals surface area contributed by atoms with E-state index in [0.29, 0.717) is 0 Å². The van der Waals surface area contributed by atoms with Gasteiger partial charge in [-0.3, -0.25) is 4.79 Å². The van der Waals surface area contributed by atoms with Crippen molar-refractivity contribution in [2.45, 2.75) is 6.04 Å². The lowest BCUT2D eigenvalue weighted by Crippen LogP contribution is -2.43. The molecule has 1 aromatic carbocycles. The molecule has 0 heterocycles. The number of rotatable bonds is 4. The zero-order chi connectivity index (χ0) is 13.0. The van der Waals surface area contributed by atoms with Gasteiger partial charge in [0.2, 0.25) is 0 Å². The summed E-state index contributed by atoms with van der Waals surface area (Å²) < 4.78 is 13.3. The lowest BCUT2D eigenvalue weighted by atomic mass is 10.2. The van der Waals surface area contributed by atoms with Crippen LogP contribution in [-0.4, -0.2) is 34.7 Å². The number of aliphatic hydroxyl groups excluding tert-OH is 1. The summed E-state index contributed by atoms with van der Waals surface area (Å²) in [7, 11) is 0. The molecule has 0 saturated carbocycles. The zero-order valence-corrected chi connectivity index (χ0v) is 9.24. The minimum Gasteiger partial charge on any atom is -0.480 e. The van der Waals surface area contributed by atoms with Crippen molar-refractivity contribution in [1.29, 1.82) is 0 Å². The van der Waals surface area contributed by atoms with Gasteiger partial charge in [0.1, 0.15) is 5.82 Å². The summed E-state index contributed by atoms with van der Waals surface area (Å²) in [6.07, 6.45) is 0. The molecule has 0 saturated heterocycles. The number of carbonyl (C=O) groups is 2. The summed E-state index contributed by atoms with van der Waals surface area (Å²) in [5.74, 6) is -3.20. The number of hydrogen-bond donors (Lipinski definition) is 3. The van der Waals surface area contributed by atoms with Gasteiger partial charge in [-0.05, 0) is 18.2 Å². The van der Waals surface area contributed by atoms with Crippen molar-refractivity contribution in [3.8, 4) is 0 Å². The Morgan fingerprint density at radius 2 is 2.12 bits per heavy atom. The maximum atomic E-state index is 13.3. The van der Waals surface area contributed by atoms with Gasteiger partial charge < -0.3 is 15.5 Å². The van der Waals surface area contributed by atoms with Crippen LogP contribution in [0.4, 0.5) is 4.39 Å². The average molecular weight is 262 g/mol. The first kappa shape index (κ1) is 13.4. The molecule has 0 spiro atoms. The topological polar surface area (TPSA) is 86.6 Å².